The van der Waals surface area contributed by atoms with E-state index >= 15 is 0 Å². The van der Waals surface area contributed by atoms with E-state index in [1.54, 1.807) is 0 Å². The van der Waals surface area contributed by atoms with E-state index < -0.39 is 0 Å². The van der Waals surface area contributed by atoms with Gasteiger partial charge in [0.05, 0.1) is 0 Å². The number of carbonyl (C=O) groups excluding carboxylic acids is 1. The van der Waals surface area contributed by atoms with Crippen molar-refractivity contribution in [3.63, 3.8) is 0 Å². The Morgan fingerprint density at radius 3 is 2.69 bits per heavy atom. The molecule has 4 rings (SSSR count). The number of rotatable bonds is 6. The maximum absolute atomic E-state index is 13.0. The zero-order chi connectivity index (χ0) is 18.1. The molecule has 1 unspecified atom stereocenters. The summed E-state index contributed by atoms with van der Waals surface area (Å²) in [4.78, 5) is 17.5. The van der Waals surface area contributed by atoms with E-state index in [9.17, 15) is 4.79 Å². The van der Waals surface area contributed by atoms with Crippen molar-refractivity contribution in [2.45, 2.75) is 57.5 Å². The first-order valence-corrected chi connectivity index (χ1v) is 9.52. The van der Waals surface area contributed by atoms with Gasteiger partial charge in [-0.15, -0.1) is 0 Å². The summed E-state index contributed by atoms with van der Waals surface area (Å²) in [5.41, 5.74) is 0.702. The lowest BCUT2D eigenvalue weighted by molar-refractivity contribution is 0.0466. The van der Waals surface area contributed by atoms with Crippen molar-refractivity contribution in [3.05, 3.63) is 35.7 Å². The highest BCUT2D eigenvalue weighted by molar-refractivity contribution is 5.93. The van der Waals surface area contributed by atoms with Crippen LogP contribution in [0, 0.1) is 5.92 Å². The Kier molecular flexibility index (Phi) is 4.80. The molecule has 1 saturated carbocycles. The number of carbonyl (C=O) groups is 1. The van der Waals surface area contributed by atoms with Crippen LogP contribution in [-0.2, 0) is 4.74 Å². The molecule has 7 heteroatoms. The Balaban J connectivity index is 1.57. The lowest BCUT2D eigenvalue weighted by Gasteiger charge is -2.28. The zero-order valence-electron chi connectivity index (χ0n) is 15.4. The lowest BCUT2D eigenvalue weighted by Crippen LogP contribution is -2.37. The summed E-state index contributed by atoms with van der Waals surface area (Å²) < 4.78 is 13.1. The summed E-state index contributed by atoms with van der Waals surface area (Å²) in [5, 5.41) is 7.25. The van der Waals surface area contributed by atoms with Crippen LogP contribution in [0.5, 0.6) is 0 Å². The molecule has 0 radical (unpaired) electrons. The Morgan fingerprint density at radius 1 is 1.27 bits per heavy atom. The van der Waals surface area contributed by atoms with Crippen molar-refractivity contribution in [2.24, 2.45) is 5.92 Å². The standard InChI is InChI=1S/C19H26N4O3/c1-12(2)17-21-19(26-22-17)16(13-7-10-25-11-8-13)20-18(24)15-4-3-9-23(15)14-5-6-14/h3-4,9,12-14,16H,5-8,10-11H2,1-2H3,(H,20,24). The van der Waals surface area contributed by atoms with E-state index in [1.165, 1.54) is 0 Å². The van der Waals surface area contributed by atoms with Gasteiger partial charge in [-0.1, -0.05) is 19.0 Å². The summed E-state index contributed by atoms with van der Waals surface area (Å²) in [7, 11) is 0. The molecule has 0 aromatic carbocycles. The van der Waals surface area contributed by atoms with Crippen molar-refractivity contribution in [2.75, 3.05) is 13.2 Å². The Hall–Kier alpha value is -2.15. The van der Waals surface area contributed by atoms with Gasteiger partial charge >= 0.3 is 0 Å². The van der Waals surface area contributed by atoms with E-state index in [0.29, 0.717) is 36.7 Å². The molecule has 7 nitrogen and oxygen atoms in total. The maximum atomic E-state index is 13.0. The third kappa shape index (κ3) is 3.53. The summed E-state index contributed by atoms with van der Waals surface area (Å²) >= 11 is 0. The molecule has 2 aliphatic rings. The highest BCUT2D eigenvalue weighted by atomic mass is 16.5. The van der Waals surface area contributed by atoms with Crippen LogP contribution in [0.25, 0.3) is 0 Å². The van der Waals surface area contributed by atoms with Gasteiger partial charge in [-0.25, -0.2) is 0 Å². The van der Waals surface area contributed by atoms with Gasteiger partial charge < -0.3 is 19.1 Å². The lowest BCUT2D eigenvalue weighted by atomic mass is 9.91. The van der Waals surface area contributed by atoms with Crippen LogP contribution in [0.2, 0.25) is 0 Å². The molecule has 1 aliphatic carbocycles. The number of ether oxygens (including phenoxy) is 1. The van der Waals surface area contributed by atoms with Crippen LogP contribution in [0.3, 0.4) is 0 Å². The molecule has 1 amide bonds. The highest BCUT2D eigenvalue weighted by Gasteiger charge is 2.33. The van der Waals surface area contributed by atoms with Crippen LogP contribution in [0.4, 0.5) is 0 Å². The first-order chi connectivity index (χ1) is 12.6. The average molecular weight is 358 g/mol. The van der Waals surface area contributed by atoms with Crippen molar-refractivity contribution in [3.8, 4) is 0 Å². The number of aromatic nitrogens is 3. The summed E-state index contributed by atoms with van der Waals surface area (Å²) in [5.74, 6) is 1.51. The molecule has 1 saturated heterocycles. The Labute approximate surface area is 153 Å². The molecule has 0 spiro atoms. The molecule has 2 aromatic rings. The minimum atomic E-state index is -0.283. The molecule has 26 heavy (non-hydrogen) atoms. The fourth-order valence-corrected chi connectivity index (χ4v) is 3.51. The molecule has 1 atom stereocenters. The van der Waals surface area contributed by atoms with Crippen LogP contribution in [0.15, 0.2) is 22.9 Å². The third-order valence-corrected chi connectivity index (χ3v) is 5.22. The highest BCUT2D eigenvalue weighted by Crippen LogP contribution is 2.36. The molecule has 3 heterocycles. The van der Waals surface area contributed by atoms with Gasteiger partial charge in [0, 0.05) is 31.4 Å². The third-order valence-electron chi connectivity index (χ3n) is 5.22. The summed E-state index contributed by atoms with van der Waals surface area (Å²) in [6, 6.07) is 3.99. The second-order valence-corrected chi connectivity index (χ2v) is 7.58. The van der Waals surface area contributed by atoms with E-state index in [2.05, 4.69) is 20.0 Å². The predicted molar refractivity (Wildman–Crippen MR) is 94.8 cm³/mol. The first kappa shape index (κ1) is 17.3. The van der Waals surface area contributed by atoms with Gasteiger partial charge in [-0.2, -0.15) is 4.98 Å². The zero-order valence-corrected chi connectivity index (χ0v) is 15.4. The van der Waals surface area contributed by atoms with Crippen LogP contribution >= 0.6 is 0 Å². The summed E-state index contributed by atoms with van der Waals surface area (Å²) in [6.07, 6.45) is 6.00. The van der Waals surface area contributed by atoms with E-state index in [1.807, 2.05) is 32.2 Å². The minimum absolute atomic E-state index is 0.0808. The van der Waals surface area contributed by atoms with Crippen LogP contribution in [0.1, 0.15) is 79.7 Å². The Morgan fingerprint density at radius 2 is 2.04 bits per heavy atom. The van der Waals surface area contributed by atoms with Crippen molar-refractivity contribution >= 4 is 5.91 Å². The molecule has 140 valence electrons. The fourth-order valence-electron chi connectivity index (χ4n) is 3.51. The van der Waals surface area contributed by atoms with Gasteiger partial charge in [-0.05, 0) is 43.7 Å². The molecule has 2 aromatic heterocycles. The first-order valence-electron chi connectivity index (χ1n) is 9.52. The fraction of sp³-hybridized carbons (Fsp3) is 0.632. The number of nitrogens with zero attached hydrogens (tertiary/aromatic N) is 3. The van der Waals surface area contributed by atoms with Gasteiger partial charge in [-0.3, -0.25) is 4.79 Å². The topological polar surface area (TPSA) is 82.2 Å². The SMILES string of the molecule is CC(C)c1noc(C(NC(=O)c2cccn2C2CC2)C2CCOCC2)n1. The number of hydrogen-bond acceptors (Lipinski definition) is 5. The van der Waals surface area contributed by atoms with Gasteiger partial charge in [0.2, 0.25) is 5.89 Å². The summed E-state index contributed by atoms with van der Waals surface area (Å²) in [6.45, 7) is 5.44. The van der Waals surface area contributed by atoms with E-state index in [4.69, 9.17) is 9.26 Å². The maximum Gasteiger partial charge on any atom is 0.268 e. The van der Waals surface area contributed by atoms with Crippen LogP contribution in [-0.4, -0.2) is 33.8 Å². The quantitative estimate of drug-likeness (QED) is 0.857. The largest absolute Gasteiger partial charge is 0.381 e. The molecule has 1 N–H and O–H groups in total. The van der Waals surface area contributed by atoms with Gasteiger partial charge in [0.1, 0.15) is 11.7 Å². The smallest absolute Gasteiger partial charge is 0.268 e. The van der Waals surface area contributed by atoms with Crippen LogP contribution < -0.4 is 5.32 Å². The minimum Gasteiger partial charge on any atom is -0.381 e. The molecular weight excluding hydrogens is 332 g/mol. The monoisotopic (exact) mass is 358 g/mol. The van der Waals surface area contributed by atoms with Gasteiger partial charge in [0.15, 0.2) is 5.82 Å². The predicted octanol–water partition coefficient (Wildman–Crippen LogP) is 3.23. The molecular formula is C19H26N4O3. The molecule has 1 aliphatic heterocycles. The number of nitrogens with one attached hydrogen (secondary N) is 1. The van der Waals surface area contributed by atoms with Gasteiger partial charge in [0.25, 0.3) is 5.91 Å². The average Bonchev–Trinajstić information content (AvgIpc) is 3.18. The Bertz CT molecular complexity index is 756. The van der Waals surface area contributed by atoms with Crippen molar-refractivity contribution < 1.29 is 14.1 Å². The molecule has 0 bridgehead atoms. The second kappa shape index (κ2) is 7.23. The van der Waals surface area contributed by atoms with Crippen molar-refractivity contribution in [1.29, 1.82) is 0 Å². The van der Waals surface area contributed by atoms with E-state index in [0.717, 1.165) is 25.7 Å². The second-order valence-electron chi connectivity index (χ2n) is 7.58. The van der Waals surface area contributed by atoms with Crippen molar-refractivity contribution in [1.82, 2.24) is 20.0 Å². The normalized spacial score (nSPS) is 19.7. The number of hydrogen-bond donors (Lipinski definition) is 1. The molecule has 2 fully saturated rings. The van der Waals surface area contributed by atoms with E-state index in [-0.39, 0.29) is 23.8 Å². The number of amides is 1.